The van der Waals surface area contributed by atoms with Crippen molar-refractivity contribution in [2.75, 3.05) is 13.1 Å². The maximum Gasteiger partial charge on any atom is 0.263 e. The summed E-state index contributed by atoms with van der Waals surface area (Å²) in [5.41, 5.74) is 6.16. The van der Waals surface area contributed by atoms with Gasteiger partial charge in [-0.3, -0.25) is 14.2 Å². The molecular weight excluding hydrogens is 288 g/mol. The number of nitrogens with two attached hydrogens (primary N) is 1. The van der Waals surface area contributed by atoms with E-state index in [2.05, 4.69) is 10.3 Å². The van der Waals surface area contributed by atoms with Gasteiger partial charge in [0.2, 0.25) is 5.91 Å². The molecule has 0 spiro atoms. The van der Waals surface area contributed by atoms with Gasteiger partial charge in [-0.25, -0.2) is 4.98 Å². The minimum absolute atomic E-state index is 0.158. The number of hydrogen-bond donors (Lipinski definition) is 2. The number of aromatic nitrogens is 2. The summed E-state index contributed by atoms with van der Waals surface area (Å²) in [6, 6.07) is -0.611. The molecule has 114 valence electrons. The van der Waals surface area contributed by atoms with Gasteiger partial charge in [0, 0.05) is 18.0 Å². The lowest BCUT2D eigenvalue weighted by molar-refractivity contribution is -0.123. The molecule has 6 nitrogen and oxygen atoms in total. The molecule has 2 aromatic rings. The largest absolute Gasteiger partial charge is 0.353 e. The summed E-state index contributed by atoms with van der Waals surface area (Å²) in [4.78, 5) is 31.1. The van der Waals surface area contributed by atoms with Gasteiger partial charge in [0.25, 0.3) is 5.56 Å². The molecule has 0 radical (unpaired) electrons. The van der Waals surface area contributed by atoms with Crippen LogP contribution in [0, 0.1) is 20.8 Å². The molecule has 1 atom stereocenters. The van der Waals surface area contributed by atoms with Crippen LogP contribution in [-0.4, -0.2) is 28.5 Å². The second-order valence-corrected chi connectivity index (χ2v) is 6.26. The predicted octanol–water partition coefficient (Wildman–Crippen LogP) is 1.02. The van der Waals surface area contributed by atoms with E-state index >= 15 is 0 Å². The highest BCUT2D eigenvalue weighted by molar-refractivity contribution is 7.18. The van der Waals surface area contributed by atoms with Crippen LogP contribution in [0.3, 0.4) is 0 Å². The van der Waals surface area contributed by atoms with Gasteiger partial charge in [-0.1, -0.05) is 0 Å². The molecule has 0 aliphatic rings. The predicted molar refractivity (Wildman–Crippen MR) is 84.9 cm³/mol. The van der Waals surface area contributed by atoms with Gasteiger partial charge in [-0.05, 0) is 33.3 Å². The van der Waals surface area contributed by atoms with Crippen molar-refractivity contribution in [3.63, 3.8) is 0 Å². The van der Waals surface area contributed by atoms with E-state index in [0.717, 1.165) is 15.3 Å². The molecule has 2 aromatic heterocycles. The molecule has 1 unspecified atom stereocenters. The van der Waals surface area contributed by atoms with E-state index in [0.29, 0.717) is 24.3 Å². The van der Waals surface area contributed by atoms with Crippen molar-refractivity contribution in [3.8, 4) is 0 Å². The Morgan fingerprint density at radius 2 is 2.10 bits per heavy atom. The monoisotopic (exact) mass is 308 g/mol. The number of nitrogens with zero attached hydrogens (tertiary/aromatic N) is 2. The summed E-state index contributed by atoms with van der Waals surface area (Å²) >= 11 is 1.51. The number of rotatable bonds is 4. The first-order valence-electron chi connectivity index (χ1n) is 6.85. The number of hydrogen-bond acceptors (Lipinski definition) is 5. The SMILES string of the molecule is Cc1sc2nc(C)n(C(C)C(=O)NCCN)c(=O)c2c1C. The van der Waals surface area contributed by atoms with Gasteiger partial charge in [0.05, 0.1) is 5.39 Å². The Hall–Kier alpha value is -1.73. The van der Waals surface area contributed by atoms with Crippen LogP contribution in [0.1, 0.15) is 29.2 Å². The number of thiophene rings is 1. The van der Waals surface area contributed by atoms with Crippen LogP contribution in [0.25, 0.3) is 10.2 Å². The number of nitrogens with one attached hydrogen (secondary N) is 1. The molecule has 0 saturated heterocycles. The standard InChI is InChI=1S/C14H20N4O2S/c1-7-9(3)21-13-11(7)14(20)18(10(4)17-13)8(2)12(19)16-6-5-15/h8H,5-6,15H2,1-4H3,(H,16,19). The minimum Gasteiger partial charge on any atom is -0.353 e. The van der Waals surface area contributed by atoms with Crippen molar-refractivity contribution in [2.24, 2.45) is 5.73 Å². The van der Waals surface area contributed by atoms with Crippen LogP contribution in [-0.2, 0) is 4.79 Å². The first-order valence-corrected chi connectivity index (χ1v) is 7.66. The van der Waals surface area contributed by atoms with E-state index < -0.39 is 6.04 Å². The summed E-state index contributed by atoms with van der Waals surface area (Å²) in [7, 11) is 0. The summed E-state index contributed by atoms with van der Waals surface area (Å²) in [5.74, 6) is 0.320. The number of carbonyl (C=O) groups excluding carboxylic acids is 1. The molecule has 0 aliphatic carbocycles. The molecule has 0 aliphatic heterocycles. The van der Waals surface area contributed by atoms with E-state index in [4.69, 9.17) is 5.73 Å². The van der Waals surface area contributed by atoms with Gasteiger partial charge in [0.1, 0.15) is 16.7 Å². The average Bonchev–Trinajstić information content (AvgIpc) is 2.70. The molecule has 1 amide bonds. The molecule has 0 fully saturated rings. The lowest BCUT2D eigenvalue weighted by Crippen LogP contribution is -2.39. The Kier molecular flexibility index (Phi) is 4.43. The Bertz CT molecular complexity index is 747. The number of fused-ring (bicyclic) bond motifs is 1. The van der Waals surface area contributed by atoms with Crippen LogP contribution in [0.5, 0.6) is 0 Å². The topological polar surface area (TPSA) is 90.0 Å². The van der Waals surface area contributed by atoms with Crippen LogP contribution in [0.2, 0.25) is 0 Å². The highest BCUT2D eigenvalue weighted by Gasteiger charge is 2.21. The fraction of sp³-hybridized carbons (Fsp3) is 0.500. The lowest BCUT2D eigenvalue weighted by Gasteiger charge is -2.17. The minimum atomic E-state index is -0.611. The van der Waals surface area contributed by atoms with E-state index in [1.54, 1.807) is 13.8 Å². The molecule has 0 saturated carbocycles. The second-order valence-electron chi connectivity index (χ2n) is 5.05. The van der Waals surface area contributed by atoms with Crippen LogP contribution in [0.15, 0.2) is 4.79 Å². The molecule has 2 rings (SSSR count). The van der Waals surface area contributed by atoms with E-state index in [9.17, 15) is 9.59 Å². The summed E-state index contributed by atoms with van der Waals surface area (Å²) in [5, 5.41) is 3.32. The van der Waals surface area contributed by atoms with Crippen LogP contribution >= 0.6 is 11.3 Å². The lowest BCUT2D eigenvalue weighted by atomic mass is 10.2. The molecular formula is C14H20N4O2S. The van der Waals surface area contributed by atoms with Crippen LogP contribution < -0.4 is 16.6 Å². The van der Waals surface area contributed by atoms with Crippen molar-refractivity contribution >= 4 is 27.5 Å². The summed E-state index contributed by atoms with van der Waals surface area (Å²) in [6.45, 7) is 8.09. The number of amides is 1. The van der Waals surface area contributed by atoms with Crippen LogP contribution in [0.4, 0.5) is 0 Å². The van der Waals surface area contributed by atoms with E-state index in [1.807, 2.05) is 13.8 Å². The van der Waals surface area contributed by atoms with Gasteiger partial charge >= 0.3 is 0 Å². The number of carbonyl (C=O) groups is 1. The van der Waals surface area contributed by atoms with Gasteiger partial charge in [0.15, 0.2) is 0 Å². The molecule has 0 bridgehead atoms. The zero-order valence-electron chi connectivity index (χ0n) is 12.7. The smallest absolute Gasteiger partial charge is 0.263 e. The Morgan fingerprint density at radius 3 is 2.71 bits per heavy atom. The van der Waals surface area contributed by atoms with Gasteiger partial charge < -0.3 is 11.1 Å². The average molecular weight is 308 g/mol. The Morgan fingerprint density at radius 1 is 1.43 bits per heavy atom. The zero-order chi connectivity index (χ0) is 15.7. The third kappa shape index (κ3) is 2.71. The summed E-state index contributed by atoms with van der Waals surface area (Å²) < 4.78 is 1.45. The first-order chi connectivity index (χ1) is 9.88. The molecule has 0 aromatic carbocycles. The zero-order valence-corrected chi connectivity index (χ0v) is 13.5. The fourth-order valence-electron chi connectivity index (χ4n) is 2.32. The van der Waals surface area contributed by atoms with Crippen molar-refractivity contribution < 1.29 is 4.79 Å². The number of aryl methyl sites for hydroxylation is 3. The molecule has 3 N–H and O–H groups in total. The third-order valence-electron chi connectivity index (χ3n) is 3.62. The maximum atomic E-state index is 12.7. The molecule has 21 heavy (non-hydrogen) atoms. The van der Waals surface area contributed by atoms with E-state index in [1.165, 1.54) is 15.9 Å². The normalized spacial score (nSPS) is 12.6. The van der Waals surface area contributed by atoms with E-state index in [-0.39, 0.29) is 11.5 Å². The molecule has 7 heteroatoms. The highest BCUT2D eigenvalue weighted by Crippen LogP contribution is 2.26. The van der Waals surface area contributed by atoms with Crippen molar-refractivity contribution in [2.45, 2.75) is 33.7 Å². The molecule has 2 heterocycles. The van der Waals surface area contributed by atoms with Crippen molar-refractivity contribution in [1.29, 1.82) is 0 Å². The van der Waals surface area contributed by atoms with Gasteiger partial charge in [-0.2, -0.15) is 0 Å². The third-order valence-corrected chi connectivity index (χ3v) is 4.72. The summed E-state index contributed by atoms with van der Waals surface area (Å²) in [6.07, 6.45) is 0. The first kappa shape index (κ1) is 15.7. The Labute approximate surface area is 127 Å². The fourth-order valence-corrected chi connectivity index (χ4v) is 3.39. The maximum absolute atomic E-state index is 12.7. The Balaban J connectivity index is 2.56. The highest BCUT2D eigenvalue weighted by atomic mass is 32.1. The van der Waals surface area contributed by atoms with Gasteiger partial charge in [-0.15, -0.1) is 11.3 Å². The second kappa shape index (κ2) is 5.95. The quantitative estimate of drug-likeness (QED) is 0.882. The van der Waals surface area contributed by atoms with Crippen molar-refractivity contribution in [1.82, 2.24) is 14.9 Å². The van der Waals surface area contributed by atoms with Crippen molar-refractivity contribution in [3.05, 3.63) is 26.6 Å².